The van der Waals surface area contributed by atoms with E-state index in [0.717, 1.165) is 0 Å². The predicted molar refractivity (Wildman–Crippen MR) is 67.8 cm³/mol. The SMILES string of the molecule is CCOC(=O)N(C)c1ccccc1C(N)=S. The topological polar surface area (TPSA) is 55.6 Å². The molecule has 0 unspecified atom stereocenters. The van der Waals surface area contributed by atoms with Gasteiger partial charge in [0, 0.05) is 12.6 Å². The lowest BCUT2D eigenvalue weighted by atomic mass is 10.1. The van der Waals surface area contributed by atoms with Gasteiger partial charge in [-0.25, -0.2) is 4.79 Å². The Kier molecular flexibility index (Phi) is 4.25. The maximum Gasteiger partial charge on any atom is 0.414 e. The van der Waals surface area contributed by atoms with Gasteiger partial charge in [0.1, 0.15) is 4.99 Å². The number of amides is 1. The van der Waals surface area contributed by atoms with Gasteiger partial charge in [-0.15, -0.1) is 0 Å². The molecule has 0 aliphatic heterocycles. The van der Waals surface area contributed by atoms with E-state index in [1.54, 1.807) is 26.1 Å². The fourth-order valence-electron chi connectivity index (χ4n) is 1.29. The highest BCUT2D eigenvalue weighted by Crippen LogP contribution is 2.19. The van der Waals surface area contributed by atoms with Crippen LogP contribution in [0.5, 0.6) is 0 Å². The minimum absolute atomic E-state index is 0.256. The van der Waals surface area contributed by atoms with Crippen LogP contribution in [0.4, 0.5) is 10.5 Å². The molecule has 0 atom stereocenters. The highest BCUT2D eigenvalue weighted by atomic mass is 32.1. The number of hydrogen-bond donors (Lipinski definition) is 1. The van der Waals surface area contributed by atoms with Gasteiger partial charge in [-0.1, -0.05) is 24.4 Å². The Labute approximate surface area is 100.0 Å². The Morgan fingerprint density at radius 3 is 2.69 bits per heavy atom. The van der Waals surface area contributed by atoms with Crippen LogP contribution < -0.4 is 10.6 Å². The van der Waals surface area contributed by atoms with Crippen LogP contribution in [0.3, 0.4) is 0 Å². The quantitative estimate of drug-likeness (QED) is 0.817. The standard InChI is InChI=1S/C11H14N2O2S/c1-3-15-11(14)13(2)9-7-5-4-6-8(9)10(12)16/h4-7H,3H2,1-2H3,(H2,12,16). The minimum Gasteiger partial charge on any atom is -0.449 e. The first-order chi connectivity index (χ1) is 7.57. The molecule has 0 fully saturated rings. The highest BCUT2D eigenvalue weighted by molar-refractivity contribution is 7.80. The second kappa shape index (κ2) is 5.46. The number of para-hydroxylation sites is 1. The van der Waals surface area contributed by atoms with Crippen LogP contribution in [0.25, 0.3) is 0 Å². The normalized spacial score (nSPS) is 9.62. The van der Waals surface area contributed by atoms with Gasteiger partial charge in [0.05, 0.1) is 12.3 Å². The number of ether oxygens (including phenoxy) is 1. The van der Waals surface area contributed by atoms with Crippen molar-refractivity contribution in [3.8, 4) is 0 Å². The van der Waals surface area contributed by atoms with Gasteiger partial charge in [-0.3, -0.25) is 4.90 Å². The number of rotatable bonds is 3. The van der Waals surface area contributed by atoms with E-state index in [4.69, 9.17) is 22.7 Å². The average Bonchev–Trinajstić information content (AvgIpc) is 2.28. The molecular weight excluding hydrogens is 224 g/mol. The van der Waals surface area contributed by atoms with Crippen molar-refractivity contribution >= 4 is 29.0 Å². The van der Waals surface area contributed by atoms with E-state index in [9.17, 15) is 4.79 Å². The number of thiocarbonyl (C=S) groups is 1. The number of carbonyl (C=O) groups excluding carboxylic acids is 1. The van der Waals surface area contributed by atoms with Crippen molar-refractivity contribution < 1.29 is 9.53 Å². The summed E-state index contributed by atoms with van der Waals surface area (Å²) in [6, 6.07) is 7.17. The Hall–Kier alpha value is -1.62. The molecule has 1 amide bonds. The highest BCUT2D eigenvalue weighted by Gasteiger charge is 2.15. The van der Waals surface area contributed by atoms with Gasteiger partial charge < -0.3 is 10.5 Å². The maximum atomic E-state index is 11.5. The summed E-state index contributed by atoms with van der Waals surface area (Å²) in [5, 5.41) is 0. The van der Waals surface area contributed by atoms with Crippen LogP contribution in [-0.2, 0) is 4.74 Å². The van der Waals surface area contributed by atoms with E-state index in [-0.39, 0.29) is 4.99 Å². The van der Waals surface area contributed by atoms with Gasteiger partial charge in [-0.2, -0.15) is 0 Å². The molecule has 0 bridgehead atoms. The number of nitrogens with two attached hydrogens (primary N) is 1. The van der Waals surface area contributed by atoms with Gasteiger partial charge in [0.15, 0.2) is 0 Å². The van der Waals surface area contributed by atoms with Crippen LogP contribution in [0, 0.1) is 0 Å². The van der Waals surface area contributed by atoms with Gasteiger partial charge in [0.2, 0.25) is 0 Å². The lowest BCUT2D eigenvalue weighted by Gasteiger charge is -2.19. The van der Waals surface area contributed by atoms with Crippen molar-refractivity contribution in [3.63, 3.8) is 0 Å². The van der Waals surface area contributed by atoms with Crippen LogP contribution in [0.15, 0.2) is 24.3 Å². The summed E-state index contributed by atoms with van der Waals surface area (Å²) in [5.74, 6) is 0. The van der Waals surface area contributed by atoms with Crippen molar-refractivity contribution in [1.29, 1.82) is 0 Å². The van der Waals surface area contributed by atoms with E-state index >= 15 is 0 Å². The smallest absolute Gasteiger partial charge is 0.414 e. The molecule has 0 saturated heterocycles. The molecule has 16 heavy (non-hydrogen) atoms. The molecule has 0 spiro atoms. The van der Waals surface area contributed by atoms with Crippen molar-refractivity contribution in [2.45, 2.75) is 6.92 Å². The Morgan fingerprint density at radius 1 is 1.50 bits per heavy atom. The number of hydrogen-bond acceptors (Lipinski definition) is 3. The van der Waals surface area contributed by atoms with Crippen LogP contribution in [0.1, 0.15) is 12.5 Å². The second-order valence-corrected chi connectivity index (χ2v) is 3.58. The number of anilines is 1. The molecule has 0 aliphatic rings. The zero-order chi connectivity index (χ0) is 12.1. The third-order valence-electron chi connectivity index (χ3n) is 2.07. The first-order valence-electron chi connectivity index (χ1n) is 4.87. The molecule has 2 N–H and O–H groups in total. The van der Waals surface area contributed by atoms with Gasteiger partial charge >= 0.3 is 6.09 Å². The number of carbonyl (C=O) groups is 1. The van der Waals surface area contributed by atoms with E-state index < -0.39 is 6.09 Å². The molecule has 0 heterocycles. The Bertz CT molecular complexity index is 407. The third kappa shape index (κ3) is 2.70. The molecule has 0 aliphatic carbocycles. The largest absolute Gasteiger partial charge is 0.449 e. The molecule has 5 heteroatoms. The summed E-state index contributed by atoms with van der Waals surface area (Å²) >= 11 is 4.92. The Balaban J connectivity index is 3.03. The summed E-state index contributed by atoms with van der Waals surface area (Å²) < 4.78 is 4.90. The molecule has 0 radical (unpaired) electrons. The monoisotopic (exact) mass is 238 g/mol. The predicted octanol–water partition coefficient (Wildman–Crippen LogP) is 1.91. The van der Waals surface area contributed by atoms with Crippen molar-refractivity contribution in [3.05, 3.63) is 29.8 Å². The summed E-state index contributed by atoms with van der Waals surface area (Å²) in [6.07, 6.45) is -0.425. The molecule has 4 nitrogen and oxygen atoms in total. The molecule has 1 aromatic rings. The van der Waals surface area contributed by atoms with E-state index in [1.165, 1.54) is 4.90 Å². The van der Waals surface area contributed by atoms with Crippen molar-refractivity contribution in [2.75, 3.05) is 18.6 Å². The molecule has 1 aromatic carbocycles. The van der Waals surface area contributed by atoms with E-state index in [0.29, 0.717) is 17.9 Å². The lowest BCUT2D eigenvalue weighted by molar-refractivity contribution is 0.161. The minimum atomic E-state index is -0.425. The zero-order valence-electron chi connectivity index (χ0n) is 9.27. The molecular formula is C11H14N2O2S. The average molecular weight is 238 g/mol. The van der Waals surface area contributed by atoms with Crippen LogP contribution >= 0.6 is 12.2 Å². The van der Waals surface area contributed by atoms with E-state index in [1.807, 2.05) is 12.1 Å². The molecule has 1 rings (SSSR count). The first kappa shape index (κ1) is 12.4. The van der Waals surface area contributed by atoms with Gasteiger partial charge in [-0.05, 0) is 19.1 Å². The van der Waals surface area contributed by atoms with Crippen LogP contribution in [0.2, 0.25) is 0 Å². The van der Waals surface area contributed by atoms with Crippen molar-refractivity contribution in [2.24, 2.45) is 5.73 Å². The fourth-order valence-corrected chi connectivity index (χ4v) is 1.47. The summed E-state index contributed by atoms with van der Waals surface area (Å²) in [7, 11) is 1.62. The fraction of sp³-hybridized carbons (Fsp3) is 0.273. The summed E-state index contributed by atoms with van der Waals surface area (Å²) in [5.41, 5.74) is 6.89. The molecule has 0 aromatic heterocycles. The summed E-state index contributed by atoms with van der Waals surface area (Å²) in [4.78, 5) is 13.2. The van der Waals surface area contributed by atoms with Crippen molar-refractivity contribution in [1.82, 2.24) is 0 Å². The summed E-state index contributed by atoms with van der Waals surface area (Å²) in [6.45, 7) is 2.09. The van der Waals surface area contributed by atoms with Crippen LogP contribution in [-0.4, -0.2) is 24.7 Å². The number of benzene rings is 1. The number of nitrogens with zero attached hydrogens (tertiary/aromatic N) is 1. The second-order valence-electron chi connectivity index (χ2n) is 3.14. The molecule has 86 valence electrons. The zero-order valence-corrected chi connectivity index (χ0v) is 10.1. The lowest BCUT2D eigenvalue weighted by Crippen LogP contribution is -2.29. The third-order valence-corrected chi connectivity index (χ3v) is 2.29. The Morgan fingerprint density at radius 2 is 2.12 bits per heavy atom. The van der Waals surface area contributed by atoms with Gasteiger partial charge in [0.25, 0.3) is 0 Å². The first-order valence-corrected chi connectivity index (χ1v) is 5.28. The maximum absolute atomic E-state index is 11.5. The van der Waals surface area contributed by atoms with E-state index in [2.05, 4.69) is 0 Å². The molecule has 0 saturated carbocycles.